The molecule has 6 heteroatoms. The van der Waals surface area contributed by atoms with Gasteiger partial charge in [-0.05, 0) is 6.42 Å². The van der Waals surface area contributed by atoms with Gasteiger partial charge >= 0.3 is 5.97 Å². The molecule has 1 atom stereocenters. The molecule has 11 heavy (non-hydrogen) atoms. The van der Waals surface area contributed by atoms with E-state index in [0.717, 1.165) is 0 Å². The summed E-state index contributed by atoms with van der Waals surface area (Å²) in [4.78, 5) is 10.0. The highest BCUT2D eigenvalue weighted by Crippen LogP contribution is 2.07. The Morgan fingerprint density at radius 2 is 2.00 bits per heavy atom. The van der Waals surface area contributed by atoms with Gasteiger partial charge in [-0.25, -0.2) is 0 Å². The van der Waals surface area contributed by atoms with E-state index in [9.17, 15) is 13.2 Å². The summed E-state index contributed by atoms with van der Waals surface area (Å²) in [6.07, 6.45) is -0.756. The van der Waals surface area contributed by atoms with Gasteiger partial charge in [-0.2, -0.15) is 8.42 Å². The van der Waals surface area contributed by atoms with Crippen LogP contribution < -0.4 is 0 Å². The molecule has 0 fully saturated rings. The molecule has 0 spiro atoms. The van der Waals surface area contributed by atoms with Gasteiger partial charge < -0.3 is 5.11 Å². The Kier molecular flexibility index (Phi) is 3.47. The minimum atomic E-state index is -4.25. The van der Waals surface area contributed by atoms with Crippen molar-refractivity contribution in [3.05, 3.63) is 6.92 Å². The fourth-order valence-electron chi connectivity index (χ4n) is 0.551. The Balaban J connectivity index is 4.31. The molecule has 0 aromatic carbocycles. The van der Waals surface area contributed by atoms with E-state index in [4.69, 9.17) is 9.66 Å². The summed E-state index contributed by atoms with van der Waals surface area (Å²) in [5.74, 6) is -1.27. The van der Waals surface area contributed by atoms with Gasteiger partial charge in [0.15, 0.2) is 0 Å². The first kappa shape index (κ1) is 10.4. The highest BCUT2D eigenvalue weighted by molar-refractivity contribution is 7.86. The first-order chi connectivity index (χ1) is 4.88. The van der Waals surface area contributed by atoms with Gasteiger partial charge in [0.2, 0.25) is 0 Å². The highest BCUT2D eigenvalue weighted by atomic mass is 32.2. The first-order valence-electron chi connectivity index (χ1n) is 2.85. The number of carboxylic acid groups (broad SMARTS) is 1. The smallest absolute Gasteiger partial charge is 0.304 e. The minimum absolute atomic E-state index is 0.148. The minimum Gasteiger partial charge on any atom is -0.481 e. The van der Waals surface area contributed by atoms with Crippen molar-refractivity contribution in [1.29, 1.82) is 0 Å². The maximum atomic E-state index is 10.4. The summed E-state index contributed by atoms with van der Waals surface area (Å²) in [5.41, 5.74) is 0. The number of carboxylic acids is 1. The predicted molar refractivity (Wildman–Crippen MR) is 37.6 cm³/mol. The maximum absolute atomic E-state index is 10.4. The van der Waals surface area contributed by atoms with Gasteiger partial charge in [-0.15, -0.1) is 0 Å². The normalized spacial score (nSPS) is 14.4. The summed E-state index contributed by atoms with van der Waals surface area (Å²) in [7, 11) is -4.25. The summed E-state index contributed by atoms with van der Waals surface area (Å²) in [6, 6.07) is 0. The van der Waals surface area contributed by atoms with E-state index in [0.29, 0.717) is 0 Å². The Hall–Kier alpha value is -0.620. The van der Waals surface area contributed by atoms with Gasteiger partial charge in [0.05, 0.1) is 11.7 Å². The topological polar surface area (TPSA) is 91.7 Å². The Labute approximate surface area is 64.8 Å². The number of hydrogen-bond donors (Lipinski definition) is 2. The van der Waals surface area contributed by atoms with E-state index in [-0.39, 0.29) is 6.42 Å². The van der Waals surface area contributed by atoms with Crippen LogP contribution in [0.25, 0.3) is 0 Å². The molecule has 65 valence electrons. The number of aliphatic carboxylic acids is 1. The molecule has 2 N–H and O–H groups in total. The molecule has 0 heterocycles. The van der Waals surface area contributed by atoms with Crippen molar-refractivity contribution in [3.63, 3.8) is 0 Å². The first-order valence-corrected chi connectivity index (χ1v) is 4.35. The molecule has 1 unspecified atom stereocenters. The average Bonchev–Trinajstić information content (AvgIpc) is 1.79. The van der Waals surface area contributed by atoms with E-state index in [2.05, 4.69) is 6.92 Å². The molecule has 0 aliphatic carbocycles. The molecule has 0 saturated carbocycles. The Morgan fingerprint density at radius 1 is 1.55 bits per heavy atom. The van der Waals surface area contributed by atoms with Crippen LogP contribution >= 0.6 is 0 Å². The number of rotatable bonds is 4. The largest absolute Gasteiger partial charge is 0.481 e. The van der Waals surface area contributed by atoms with Crippen molar-refractivity contribution in [1.82, 2.24) is 0 Å². The highest BCUT2D eigenvalue weighted by Gasteiger charge is 2.23. The van der Waals surface area contributed by atoms with E-state index >= 15 is 0 Å². The van der Waals surface area contributed by atoms with Crippen LogP contribution in [0.2, 0.25) is 0 Å². The van der Waals surface area contributed by atoms with Crippen LogP contribution in [0.3, 0.4) is 0 Å². The lowest BCUT2D eigenvalue weighted by molar-refractivity contribution is -0.137. The molecular weight excluding hydrogens is 172 g/mol. The summed E-state index contributed by atoms with van der Waals surface area (Å²) >= 11 is 0. The fraction of sp³-hybridized carbons (Fsp3) is 0.600. The second-order valence-corrected chi connectivity index (χ2v) is 3.72. The molecule has 0 aromatic heterocycles. The SMILES string of the molecule is [CH2]CC(CC(=O)O)S(=O)(=O)O. The van der Waals surface area contributed by atoms with Crippen LogP contribution in [-0.2, 0) is 14.9 Å². The van der Waals surface area contributed by atoms with E-state index < -0.39 is 27.8 Å². The van der Waals surface area contributed by atoms with Crippen LogP contribution in [-0.4, -0.2) is 29.3 Å². The van der Waals surface area contributed by atoms with E-state index in [1.54, 1.807) is 0 Å². The third-order valence-electron chi connectivity index (χ3n) is 1.15. The zero-order valence-electron chi connectivity index (χ0n) is 5.73. The zero-order chi connectivity index (χ0) is 9.07. The molecular formula is C5H9O5S. The summed E-state index contributed by atoms with van der Waals surface area (Å²) < 4.78 is 29.1. The van der Waals surface area contributed by atoms with Crippen LogP contribution in [0.4, 0.5) is 0 Å². The van der Waals surface area contributed by atoms with Crippen molar-refractivity contribution in [2.45, 2.75) is 18.1 Å². The van der Waals surface area contributed by atoms with Crippen molar-refractivity contribution < 1.29 is 22.9 Å². The third kappa shape index (κ3) is 3.94. The van der Waals surface area contributed by atoms with Gasteiger partial charge in [-0.1, -0.05) is 6.92 Å². The predicted octanol–water partition coefficient (Wildman–Crippen LogP) is -0.0583. The lowest BCUT2D eigenvalue weighted by Crippen LogP contribution is -2.22. The van der Waals surface area contributed by atoms with Crippen LogP contribution in [0, 0.1) is 6.92 Å². The lowest BCUT2D eigenvalue weighted by atomic mass is 10.2. The molecule has 0 aliphatic rings. The quantitative estimate of drug-likeness (QED) is 0.593. The van der Waals surface area contributed by atoms with Crippen molar-refractivity contribution in [3.8, 4) is 0 Å². The maximum Gasteiger partial charge on any atom is 0.304 e. The van der Waals surface area contributed by atoms with Crippen LogP contribution in [0.15, 0.2) is 0 Å². The molecule has 0 aromatic rings. The third-order valence-corrected chi connectivity index (χ3v) is 2.39. The molecule has 0 rings (SSSR count). The molecule has 0 aliphatic heterocycles. The zero-order valence-corrected chi connectivity index (χ0v) is 6.54. The monoisotopic (exact) mass is 181 g/mol. The van der Waals surface area contributed by atoms with E-state index in [1.165, 1.54) is 0 Å². The van der Waals surface area contributed by atoms with E-state index in [1.807, 2.05) is 0 Å². The number of hydrogen-bond acceptors (Lipinski definition) is 3. The molecule has 0 bridgehead atoms. The van der Waals surface area contributed by atoms with Crippen molar-refractivity contribution in [2.24, 2.45) is 0 Å². The number of carbonyl (C=O) groups is 1. The van der Waals surface area contributed by atoms with Crippen molar-refractivity contribution in [2.75, 3.05) is 0 Å². The van der Waals surface area contributed by atoms with Gasteiger partial charge in [0.25, 0.3) is 10.1 Å². The summed E-state index contributed by atoms with van der Waals surface area (Å²) in [6.45, 7) is 3.20. The molecule has 0 amide bonds. The average molecular weight is 181 g/mol. The Bertz CT molecular complexity index is 229. The van der Waals surface area contributed by atoms with Gasteiger partial charge in [0, 0.05) is 0 Å². The van der Waals surface area contributed by atoms with Crippen molar-refractivity contribution >= 4 is 16.1 Å². The molecule has 1 radical (unpaired) electrons. The molecule has 5 nitrogen and oxygen atoms in total. The van der Waals surface area contributed by atoms with Gasteiger partial charge in [0.1, 0.15) is 0 Å². The second kappa shape index (κ2) is 3.68. The molecule has 0 saturated heterocycles. The second-order valence-electron chi connectivity index (χ2n) is 2.02. The van der Waals surface area contributed by atoms with Gasteiger partial charge in [-0.3, -0.25) is 9.35 Å². The van der Waals surface area contributed by atoms with Crippen LogP contribution in [0.1, 0.15) is 12.8 Å². The summed E-state index contributed by atoms with van der Waals surface area (Å²) in [5, 5.41) is 6.88. The van der Waals surface area contributed by atoms with Crippen LogP contribution in [0.5, 0.6) is 0 Å². The standard InChI is InChI=1S/C5H9O5S/c1-2-4(3-5(6)7)11(8,9)10/h4H,1-3H2,(H,6,7)(H,8,9,10). The Morgan fingerprint density at radius 3 is 2.09 bits per heavy atom. The fourth-order valence-corrected chi connectivity index (χ4v) is 1.20. The lowest BCUT2D eigenvalue weighted by Gasteiger charge is -2.06.